The van der Waals surface area contributed by atoms with Crippen molar-refractivity contribution in [3.8, 4) is 11.3 Å². The van der Waals surface area contributed by atoms with E-state index in [-0.39, 0.29) is 11.1 Å². The molecule has 19 heavy (non-hydrogen) atoms. The van der Waals surface area contributed by atoms with Gasteiger partial charge in [0.2, 0.25) is 0 Å². The van der Waals surface area contributed by atoms with Crippen LogP contribution < -0.4 is 0 Å². The summed E-state index contributed by atoms with van der Waals surface area (Å²) in [5, 5.41) is 10.6. The summed E-state index contributed by atoms with van der Waals surface area (Å²) in [7, 11) is 0. The summed E-state index contributed by atoms with van der Waals surface area (Å²) in [5.41, 5.74) is 1.11. The van der Waals surface area contributed by atoms with Crippen molar-refractivity contribution in [2.45, 2.75) is 27.2 Å². The molecule has 0 N–H and O–H groups in total. The zero-order valence-electron chi connectivity index (χ0n) is 11.3. The average molecular weight is 259 g/mol. The molecule has 0 aliphatic rings. The van der Waals surface area contributed by atoms with Gasteiger partial charge in [0, 0.05) is 24.1 Å². The molecule has 2 rings (SSSR count). The third kappa shape index (κ3) is 3.44. The molecule has 0 amide bonds. The first-order chi connectivity index (χ1) is 8.85. The number of rotatable bonds is 3. The number of non-ortho nitro benzene ring substituents is 1. The van der Waals surface area contributed by atoms with E-state index in [1.807, 2.05) is 12.1 Å². The van der Waals surface area contributed by atoms with Crippen molar-refractivity contribution >= 4 is 5.69 Å². The van der Waals surface area contributed by atoms with Crippen LogP contribution in [0.25, 0.3) is 11.3 Å². The maximum absolute atomic E-state index is 10.6. The van der Waals surface area contributed by atoms with E-state index < -0.39 is 4.92 Å². The highest BCUT2D eigenvalue weighted by Gasteiger charge is 2.15. The monoisotopic (exact) mass is 259 g/mol. The van der Waals surface area contributed by atoms with Gasteiger partial charge in [-0.15, -0.1) is 0 Å². The maximum atomic E-state index is 10.6. The average Bonchev–Trinajstić information content (AvgIpc) is 2.75. The van der Waals surface area contributed by atoms with Crippen LogP contribution in [0.3, 0.4) is 0 Å². The fraction of sp³-hybridized carbons (Fsp3) is 0.333. The minimum absolute atomic E-state index is 0.0882. The number of hydrogen-bond donors (Lipinski definition) is 0. The molecular weight excluding hydrogens is 242 g/mol. The van der Waals surface area contributed by atoms with Crippen molar-refractivity contribution in [2.24, 2.45) is 5.41 Å². The largest absolute Gasteiger partial charge is 0.461 e. The Labute approximate surface area is 112 Å². The number of nitro benzene ring substituents is 1. The first kappa shape index (κ1) is 13.3. The Balaban J connectivity index is 2.20. The Bertz CT molecular complexity index is 576. The fourth-order valence-electron chi connectivity index (χ4n) is 1.90. The third-order valence-corrected chi connectivity index (χ3v) is 2.73. The number of nitrogens with zero attached hydrogens (tertiary/aromatic N) is 1. The second-order valence-electron chi connectivity index (χ2n) is 5.81. The lowest BCUT2D eigenvalue weighted by Gasteiger charge is -2.15. The highest BCUT2D eigenvalue weighted by Crippen LogP contribution is 2.27. The van der Waals surface area contributed by atoms with Crippen LogP contribution in [-0.2, 0) is 6.42 Å². The number of furan rings is 1. The summed E-state index contributed by atoms with van der Waals surface area (Å²) in [5.74, 6) is 1.68. The van der Waals surface area contributed by atoms with E-state index in [1.54, 1.807) is 12.1 Å². The zero-order valence-corrected chi connectivity index (χ0v) is 11.3. The molecule has 0 aliphatic carbocycles. The molecule has 4 nitrogen and oxygen atoms in total. The van der Waals surface area contributed by atoms with E-state index in [9.17, 15) is 10.1 Å². The van der Waals surface area contributed by atoms with Crippen LogP contribution in [0.5, 0.6) is 0 Å². The zero-order chi connectivity index (χ0) is 14.0. The van der Waals surface area contributed by atoms with Crippen LogP contribution in [0, 0.1) is 15.5 Å². The van der Waals surface area contributed by atoms with Crippen molar-refractivity contribution < 1.29 is 9.34 Å². The summed E-state index contributed by atoms with van der Waals surface area (Å²) in [6.07, 6.45) is 0.861. The highest BCUT2D eigenvalue weighted by molar-refractivity contribution is 5.59. The lowest BCUT2D eigenvalue weighted by Crippen LogP contribution is -2.08. The Hall–Kier alpha value is -2.10. The lowest BCUT2D eigenvalue weighted by molar-refractivity contribution is -0.384. The van der Waals surface area contributed by atoms with Gasteiger partial charge in [0.25, 0.3) is 5.69 Å². The first-order valence-electron chi connectivity index (χ1n) is 6.19. The molecule has 0 aliphatic heterocycles. The molecule has 2 aromatic rings. The maximum Gasteiger partial charge on any atom is 0.269 e. The van der Waals surface area contributed by atoms with E-state index in [1.165, 1.54) is 12.1 Å². The van der Waals surface area contributed by atoms with Crippen molar-refractivity contribution in [3.05, 3.63) is 52.3 Å². The molecule has 0 radical (unpaired) electrons. The van der Waals surface area contributed by atoms with Gasteiger partial charge in [-0.3, -0.25) is 10.1 Å². The number of nitro groups is 1. The summed E-state index contributed by atoms with van der Waals surface area (Å²) < 4.78 is 5.78. The van der Waals surface area contributed by atoms with Crippen LogP contribution in [0.15, 0.2) is 40.8 Å². The van der Waals surface area contributed by atoms with Crippen LogP contribution >= 0.6 is 0 Å². The molecule has 0 fully saturated rings. The Kier molecular flexibility index (Phi) is 3.42. The van der Waals surface area contributed by atoms with Crippen LogP contribution in [0.4, 0.5) is 5.69 Å². The standard InChI is InChI=1S/C15H17NO3/c1-15(2,3)10-13-8-9-14(19-13)11-4-6-12(7-5-11)16(17)18/h4-9H,10H2,1-3H3. The Morgan fingerprint density at radius 2 is 1.74 bits per heavy atom. The van der Waals surface area contributed by atoms with Crippen molar-refractivity contribution in [1.29, 1.82) is 0 Å². The second kappa shape index (κ2) is 4.88. The Morgan fingerprint density at radius 3 is 2.26 bits per heavy atom. The molecule has 0 spiro atoms. The van der Waals surface area contributed by atoms with Crippen LogP contribution in [0.1, 0.15) is 26.5 Å². The van der Waals surface area contributed by atoms with Gasteiger partial charge >= 0.3 is 0 Å². The van der Waals surface area contributed by atoms with E-state index in [0.717, 1.165) is 23.5 Å². The summed E-state index contributed by atoms with van der Waals surface area (Å²) in [6, 6.07) is 10.3. The topological polar surface area (TPSA) is 56.3 Å². The fourth-order valence-corrected chi connectivity index (χ4v) is 1.90. The minimum atomic E-state index is -0.406. The third-order valence-electron chi connectivity index (χ3n) is 2.73. The second-order valence-corrected chi connectivity index (χ2v) is 5.81. The summed E-state index contributed by atoms with van der Waals surface area (Å²) >= 11 is 0. The molecule has 100 valence electrons. The van der Waals surface area contributed by atoms with Crippen molar-refractivity contribution in [1.82, 2.24) is 0 Å². The predicted molar refractivity (Wildman–Crippen MR) is 74.0 cm³/mol. The van der Waals surface area contributed by atoms with Gasteiger partial charge in [-0.05, 0) is 29.7 Å². The predicted octanol–water partition coefficient (Wildman–Crippen LogP) is 4.44. The van der Waals surface area contributed by atoms with Crippen LogP contribution in [0.2, 0.25) is 0 Å². The van der Waals surface area contributed by atoms with E-state index >= 15 is 0 Å². The van der Waals surface area contributed by atoms with Crippen molar-refractivity contribution in [2.75, 3.05) is 0 Å². The van der Waals surface area contributed by atoms with Crippen molar-refractivity contribution in [3.63, 3.8) is 0 Å². The molecule has 1 heterocycles. The molecule has 1 aromatic heterocycles. The lowest BCUT2D eigenvalue weighted by atomic mass is 9.91. The van der Waals surface area contributed by atoms with Gasteiger partial charge in [-0.25, -0.2) is 0 Å². The molecule has 0 saturated carbocycles. The van der Waals surface area contributed by atoms with Gasteiger partial charge in [0.15, 0.2) is 0 Å². The van der Waals surface area contributed by atoms with E-state index in [2.05, 4.69) is 20.8 Å². The minimum Gasteiger partial charge on any atom is -0.461 e. The Morgan fingerprint density at radius 1 is 1.11 bits per heavy atom. The quantitative estimate of drug-likeness (QED) is 0.604. The number of hydrogen-bond acceptors (Lipinski definition) is 3. The normalized spacial score (nSPS) is 11.5. The van der Waals surface area contributed by atoms with Gasteiger partial charge < -0.3 is 4.42 Å². The summed E-state index contributed by atoms with van der Waals surface area (Å²) in [6.45, 7) is 6.46. The van der Waals surface area contributed by atoms with Crippen LogP contribution in [-0.4, -0.2) is 4.92 Å². The molecule has 0 bridgehead atoms. The molecule has 0 unspecified atom stereocenters. The number of benzene rings is 1. The van der Waals surface area contributed by atoms with Gasteiger partial charge in [-0.1, -0.05) is 20.8 Å². The molecule has 4 heteroatoms. The smallest absolute Gasteiger partial charge is 0.269 e. The van der Waals surface area contributed by atoms with E-state index in [4.69, 9.17) is 4.42 Å². The molecule has 1 aromatic carbocycles. The molecular formula is C15H17NO3. The van der Waals surface area contributed by atoms with Gasteiger partial charge in [0.1, 0.15) is 11.5 Å². The molecule has 0 saturated heterocycles. The summed E-state index contributed by atoms with van der Waals surface area (Å²) in [4.78, 5) is 10.2. The SMILES string of the molecule is CC(C)(C)Cc1ccc(-c2ccc([N+](=O)[O-])cc2)o1. The van der Waals surface area contributed by atoms with Gasteiger partial charge in [-0.2, -0.15) is 0 Å². The van der Waals surface area contributed by atoms with E-state index in [0.29, 0.717) is 0 Å². The first-order valence-corrected chi connectivity index (χ1v) is 6.19. The molecule has 0 atom stereocenters. The highest BCUT2D eigenvalue weighted by atomic mass is 16.6. The van der Waals surface area contributed by atoms with Gasteiger partial charge in [0.05, 0.1) is 4.92 Å².